The summed E-state index contributed by atoms with van der Waals surface area (Å²) in [4.78, 5) is 52.2. The summed E-state index contributed by atoms with van der Waals surface area (Å²) in [6, 6.07) is 5.88. The van der Waals surface area contributed by atoms with E-state index in [2.05, 4.69) is 4.98 Å². The monoisotopic (exact) mass is 385 g/mol. The van der Waals surface area contributed by atoms with Gasteiger partial charge in [0.1, 0.15) is 6.04 Å². The number of aromatic nitrogens is 4. The molecule has 3 rings (SSSR count). The lowest BCUT2D eigenvalue weighted by molar-refractivity contribution is -0.396. The second kappa shape index (κ2) is 6.87. The molecule has 0 N–H and O–H groups in total. The first-order valence-electron chi connectivity index (χ1n) is 8.64. The van der Waals surface area contributed by atoms with E-state index < -0.39 is 33.9 Å². The first-order chi connectivity index (χ1) is 13.2. The predicted octanol–water partition coefficient (Wildman–Crippen LogP) is 1.35. The van der Waals surface area contributed by atoms with Crippen molar-refractivity contribution in [3.05, 3.63) is 66.3 Å². The van der Waals surface area contributed by atoms with Gasteiger partial charge in [-0.25, -0.2) is 4.79 Å². The molecule has 0 spiro atoms. The van der Waals surface area contributed by atoms with Gasteiger partial charge in [-0.1, -0.05) is 36.2 Å². The van der Waals surface area contributed by atoms with Gasteiger partial charge in [0.05, 0.1) is 0 Å². The van der Waals surface area contributed by atoms with E-state index in [9.17, 15) is 24.5 Å². The number of aryl methyl sites for hydroxylation is 2. The first-order valence-corrected chi connectivity index (χ1v) is 8.64. The highest BCUT2D eigenvalue weighted by atomic mass is 16.6. The van der Waals surface area contributed by atoms with Gasteiger partial charge in [0.2, 0.25) is 5.65 Å². The molecule has 0 fully saturated rings. The minimum atomic E-state index is -1.05. The van der Waals surface area contributed by atoms with Crippen molar-refractivity contribution in [1.82, 2.24) is 18.7 Å². The van der Waals surface area contributed by atoms with Crippen LogP contribution in [0.2, 0.25) is 0 Å². The highest BCUT2D eigenvalue weighted by molar-refractivity contribution is 5.99. The van der Waals surface area contributed by atoms with Gasteiger partial charge in [0.15, 0.2) is 5.78 Å². The normalized spacial score (nSPS) is 12.3. The van der Waals surface area contributed by atoms with Crippen molar-refractivity contribution in [2.45, 2.75) is 26.3 Å². The van der Waals surface area contributed by atoms with E-state index in [4.69, 9.17) is 0 Å². The quantitative estimate of drug-likeness (QED) is 0.371. The summed E-state index contributed by atoms with van der Waals surface area (Å²) in [6.45, 7) is 3.47. The molecular weight excluding hydrogens is 366 g/mol. The van der Waals surface area contributed by atoms with Gasteiger partial charge >= 0.3 is 17.2 Å². The van der Waals surface area contributed by atoms with E-state index in [1.165, 1.54) is 21.0 Å². The molecule has 146 valence electrons. The summed E-state index contributed by atoms with van der Waals surface area (Å²) in [5, 5.41) is 11.5. The lowest BCUT2D eigenvalue weighted by Gasteiger charge is -2.13. The van der Waals surface area contributed by atoms with E-state index >= 15 is 0 Å². The Morgan fingerprint density at radius 2 is 1.79 bits per heavy atom. The van der Waals surface area contributed by atoms with Crippen LogP contribution in [0.25, 0.3) is 11.2 Å². The fourth-order valence-electron chi connectivity index (χ4n) is 3.19. The Kier molecular flexibility index (Phi) is 4.72. The molecule has 0 unspecified atom stereocenters. The van der Waals surface area contributed by atoms with E-state index in [1.807, 2.05) is 19.1 Å². The Balaban J connectivity index is 2.27. The largest absolute Gasteiger partial charge is 0.437 e. The third-order valence-electron chi connectivity index (χ3n) is 4.84. The smallest absolute Gasteiger partial charge is 0.390 e. The number of nitrogens with zero attached hydrogens (tertiary/aromatic N) is 5. The van der Waals surface area contributed by atoms with E-state index in [-0.39, 0.29) is 11.2 Å². The molecular formula is C18H19N5O5. The molecule has 0 saturated heterocycles. The Morgan fingerprint density at radius 1 is 1.18 bits per heavy atom. The first kappa shape index (κ1) is 19.2. The third kappa shape index (κ3) is 2.82. The fraction of sp³-hybridized carbons (Fsp3) is 0.333. The van der Waals surface area contributed by atoms with E-state index in [0.717, 1.165) is 25.7 Å². The average Bonchev–Trinajstić information content (AvgIpc) is 3.10. The Labute approximate surface area is 158 Å². The summed E-state index contributed by atoms with van der Waals surface area (Å²) >= 11 is 0. The molecule has 0 bridgehead atoms. The van der Waals surface area contributed by atoms with Crippen LogP contribution in [0.4, 0.5) is 5.95 Å². The summed E-state index contributed by atoms with van der Waals surface area (Å²) in [6.07, 6.45) is 0.813. The molecule has 1 atom stereocenters. The number of rotatable bonds is 5. The molecule has 0 amide bonds. The molecule has 0 aliphatic rings. The van der Waals surface area contributed by atoms with Crippen LogP contribution in [0, 0.1) is 10.1 Å². The second-order valence-corrected chi connectivity index (χ2v) is 6.51. The number of carbonyl (C=O) groups excluding carboxylic acids is 1. The maximum Gasteiger partial charge on any atom is 0.437 e. The van der Waals surface area contributed by atoms with Crippen LogP contribution >= 0.6 is 0 Å². The van der Waals surface area contributed by atoms with Gasteiger partial charge in [-0.2, -0.15) is 4.57 Å². The Morgan fingerprint density at radius 3 is 2.32 bits per heavy atom. The Bertz CT molecular complexity index is 1220. The minimum absolute atomic E-state index is 0.0640. The molecule has 1 aromatic carbocycles. The molecule has 2 heterocycles. The summed E-state index contributed by atoms with van der Waals surface area (Å²) in [7, 11) is 2.64. The second-order valence-electron chi connectivity index (χ2n) is 6.51. The van der Waals surface area contributed by atoms with Crippen LogP contribution in [0.5, 0.6) is 0 Å². The fourth-order valence-corrected chi connectivity index (χ4v) is 3.19. The van der Waals surface area contributed by atoms with Gasteiger partial charge in [0.25, 0.3) is 5.52 Å². The average molecular weight is 385 g/mol. The number of hydrogen-bond donors (Lipinski definition) is 0. The highest BCUT2D eigenvalue weighted by Gasteiger charge is 2.34. The number of benzene rings is 1. The van der Waals surface area contributed by atoms with Gasteiger partial charge in [-0.05, 0) is 23.8 Å². The third-order valence-corrected chi connectivity index (χ3v) is 4.84. The zero-order chi connectivity index (χ0) is 20.7. The number of carbonyl (C=O) groups is 1. The maximum atomic E-state index is 13.0. The molecule has 0 aliphatic carbocycles. The molecule has 10 nitrogen and oxygen atoms in total. The number of Topliss-reactive ketones (excluding diaryl/α,β-unsaturated/α-hetero) is 1. The van der Waals surface area contributed by atoms with Crippen molar-refractivity contribution in [2.75, 3.05) is 0 Å². The molecule has 3 aromatic rings. The van der Waals surface area contributed by atoms with Crippen LogP contribution in [0.15, 0.2) is 33.9 Å². The van der Waals surface area contributed by atoms with Crippen molar-refractivity contribution >= 4 is 22.9 Å². The molecule has 10 heteroatoms. The lowest BCUT2D eigenvalue weighted by atomic mass is 10.0. The number of nitro groups is 1. The number of hydrogen-bond acceptors (Lipinski definition) is 6. The van der Waals surface area contributed by atoms with Crippen molar-refractivity contribution in [1.29, 1.82) is 0 Å². The summed E-state index contributed by atoms with van der Waals surface area (Å²) < 4.78 is 2.94. The van der Waals surface area contributed by atoms with Crippen molar-refractivity contribution < 1.29 is 9.72 Å². The topological polar surface area (TPSA) is 122 Å². The van der Waals surface area contributed by atoms with Crippen LogP contribution in [0.3, 0.4) is 0 Å². The van der Waals surface area contributed by atoms with Gasteiger partial charge in [-0.15, -0.1) is 0 Å². The molecule has 28 heavy (non-hydrogen) atoms. The number of imidazole rings is 1. The minimum Gasteiger partial charge on any atom is -0.390 e. The van der Waals surface area contributed by atoms with Crippen molar-refractivity contribution in [3.8, 4) is 0 Å². The van der Waals surface area contributed by atoms with Crippen LogP contribution in [0.1, 0.15) is 35.8 Å². The number of ketones is 1. The molecule has 0 saturated carbocycles. The van der Waals surface area contributed by atoms with Crippen LogP contribution < -0.4 is 11.2 Å². The standard InChI is InChI=1S/C18H19N5O5/c1-5-11-6-8-12(9-7-11)14(24)10(2)22-15-13(19-17(22)23(27)28)16(25)21(4)18(26)20(15)3/h6-10H,5H2,1-4H3/t10-/m0/s1. The van der Waals surface area contributed by atoms with Crippen LogP contribution in [-0.2, 0) is 20.5 Å². The van der Waals surface area contributed by atoms with Gasteiger partial charge in [0, 0.05) is 19.7 Å². The van der Waals surface area contributed by atoms with E-state index in [1.54, 1.807) is 12.1 Å². The summed E-state index contributed by atoms with van der Waals surface area (Å²) in [5.41, 5.74) is -0.306. The molecule has 2 aromatic heterocycles. The SMILES string of the molecule is CCc1ccc(C(=O)[C@H](C)n2c([N+](=O)[O-])nc3c(=O)n(C)c(=O)n(C)c32)cc1. The number of fused-ring (bicyclic) bond motifs is 1. The van der Waals surface area contributed by atoms with Gasteiger partial charge in [-0.3, -0.25) is 18.7 Å². The van der Waals surface area contributed by atoms with Crippen molar-refractivity contribution in [3.63, 3.8) is 0 Å². The lowest BCUT2D eigenvalue weighted by Crippen LogP contribution is -2.37. The van der Waals surface area contributed by atoms with Crippen molar-refractivity contribution in [2.24, 2.45) is 14.1 Å². The molecule has 0 radical (unpaired) electrons. The predicted molar refractivity (Wildman–Crippen MR) is 102 cm³/mol. The zero-order valence-electron chi connectivity index (χ0n) is 15.9. The Hall–Kier alpha value is -3.56. The maximum absolute atomic E-state index is 13.0. The van der Waals surface area contributed by atoms with Gasteiger partial charge < -0.3 is 10.1 Å². The zero-order valence-corrected chi connectivity index (χ0v) is 15.9. The summed E-state index contributed by atoms with van der Waals surface area (Å²) in [5.74, 6) is -1.06. The molecule has 0 aliphatic heterocycles. The highest BCUT2D eigenvalue weighted by Crippen LogP contribution is 2.26. The van der Waals surface area contributed by atoms with E-state index in [0.29, 0.717) is 5.56 Å². The van der Waals surface area contributed by atoms with Crippen LogP contribution in [-0.4, -0.2) is 29.4 Å².